The van der Waals surface area contributed by atoms with Gasteiger partial charge >= 0.3 is 0 Å². The first-order valence-corrected chi connectivity index (χ1v) is 2.81. The summed E-state index contributed by atoms with van der Waals surface area (Å²) in [5.41, 5.74) is 0. The molecule has 0 amide bonds. The van der Waals surface area contributed by atoms with Crippen molar-refractivity contribution in [3.8, 4) is 0 Å². The minimum atomic E-state index is 0.396. The Morgan fingerprint density at radius 2 is 2.00 bits per heavy atom. The van der Waals surface area contributed by atoms with E-state index in [1.807, 2.05) is 21.1 Å². The van der Waals surface area contributed by atoms with Gasteiger partial charge in [-0.3, -0.25) is 0 Å². The molecule has 0 rings (SSSR count). The van der Waals surface area contributed by atoms with E-state index >= 15 is 0 Å². The van der Waals surface area contributed by atoms with E-state index in [0.717, 1.165) is 11.0 Å². The van der Waals surface area contributed by atoms with Crippen molar-refractivity contribution in [3.63, 3.8) is 0 Å². The van der Waals surface area contributed by atoms with Gasteiger partial charge in [-0.15, -0.1) is 4.91 Å². The number of hydrogen-bond donors (Lipinski definition) is 0. The third kappa shape index (κ3) is 7.36. The maximum Gasteiger partial charge on any atom is 0.169 e. The van der Waals surface area contributed by atoms with Gasteiger partial charge in [0.1, 0.15) is 6.54 Å². The van der Waals surface area contributed by atoms with E-state index < -0.39 is 0 Å². The summed E-state index contributed by atoms with van der Waals surface area (Å²) in [5.74, 6) is 0. The first-order chi connectivity index (χ1) is 4.06. The maximum atomic E-state index is 9.41. The molecule has 0 spiro atoms. The van der Waals surface area contributed by atoms with Crippen molar-refractivity contribution in [2.24, 2.45) is 5.34 Å². The van der Waals surface area contributed by atoms with Crippen LogP contribution in [0.1, 0.15) is 0 Å². The molecule has 0 bridgehead atoms. The largest absolute Gasteiger partial charge is 0.358 e. The van der Waals surface area contributed by atoms with E-state index in [4.69, 9.17) is 0 Å². The van der Waals surface area contributed by atoms with Crippen LogP contribution in [0, 0.1) is 4.91 Å². The van der Waals surface area contributed by atoms with E-state index in [-0.39, 0.29) is 0 Å². The molecule has 0 aliphatic carbocycles. The zero-order valence-electron chi connectivity index (χ0n) is 6.13. The van der Waals surface area contributed by atoms with Crippen LogP contribution < -0.4 is 0 Å². The van der Waals surface area contributed by atoms with E-state index in [9.17, 15) is 4.91 Å². The van der Waals surface area contributed by atoms with Gasteiger partial charge in [-0.25, -0.2) is 0 Å². The molecule has 0 aromatic rings. The minimum absolute atomic E-state index is 0.396. The maximum absolute atomic E-state index is 9.41. The summed E-state index contributed by atoms with van der Waals surface area (Å²) in [6, 6.07) is 0. The van der Waals surface area contributed by atoms with Crippen molar-refractivity contribution in [1.29, 1.82) is 0 Å². The van der Waals surface area contributed by atoms with Crippen LogP contribution in [-0.2, 0) is 4.84 Å². The predicted octanol–water partition coefficient (Wildman–Crippen LogP) is 0.391. The van der Waals surface area contributed by atoms with Gasteiger partial charge in [-0.05, 0) is 0 Å². The fourth-order valence-corrected chi connectivity index (χ4v) is 0.352. The lowest BCUT2D eigenvalue weighted by atomic mass is 10.5. The normalized spacial score (nSPS) is 11.0. The van der Waals surface area contributed by atoms with Crippen LogP contribution in [0.25, 0.3) is 0 Å². The van der Waals surface area contributed by atoms with E-state index in [1.165, 1.54) is 0 Å². The Morgan fingerprint density at radius 1 is 1.44 bits per heavy atom. The SMILES string of the molecule is C[N+](C)(C)CCON=O. The second-order valence-electron chi connectivity index (χ2n) is 2.92. The highest BCUT2D eigenvalue weighted by atomic mass is 16.7. The van der Waals surface area contributed by atoms with E-state index in [1.54, 1.807) is 0 Å². The Balaban J connectivity index is 3.17. The summed E-state index contributed by atoms with van der Waals surface area (Å²) in [4.78, 5) is 13.7. The average molecular weight is 133 g/mol. The van der Waals surface area contributed by atoms with Gasteiger partial charge < -0.3 is 9.32 Å². The van der Waals surface area contributed by atoms with Gasteiger partial charge in [0.25, 0.3) is 0 Å². The number of quaternary nitrogens is 1. The number of likely N-dealkylation sites (N-methyl/N-ethyl adjacent to an activating group) is 1. The van der Waals surface area contributed by atoms with Gasteiger partial charge in [0.05, 0.1) is 21.1 Å². The molecule has 4 heteroatoms. The molecule has 0 saturated carbocycles. The van der Waals surface area contributed by atoms with Crippen molar-refractivity contribution in [2.75, 3.05) is 34.3 Å². The first-order valence-electron chi connectivity index (χ1n) is 2.81. The molecular weight excluding hydrogens is 120 g/mol. The van der Waals surface area contributed by atoms with Crippen LogP contribution in [0.3, 0.4) is 0 Å². The number of nitrogens with zero attached hydrogens (tertiary/aromatic N) is 2. The Kier molecular flexibility index (Phi) is 3.16. The minimum Gasteiger partial charge on any atom is -0.358 e. The molecule has 0 aromatic heterocycles. The molecule has 0 N–H and O–H groups in total. The third-order valence-corrected chi connectivity index (χ3v) is 0.906. The number of rotatable bonds is 4. The predicted molar refractivity (Wildman–Crippen MR) is 34.6 cm³/mol. The molecule has 0 heterocycles. The summed E-state index contributed by atoms with van der Waals surface area (Å²) in [6.45, 7) is 1.19. The van der Waals surface area contributed by atoms with Crippen molar-refractivity contribution in [1.82, 2.24) is 0 Å². The molecule has 0 radical (unpaired) electrons. The van der Waals surface area contributed by atoms with Gasteiger partial charge in [0.2, 0.25) is 0 Å². The fraction of sp³-hybridized carbons (Fsp3) is 1.00. The molecule has 9 heavy (non-hydrogen) atoms. The van der Waals surface area contributed by atoms with E-state index in [2.05, 4.69) is 10.2 Å². The lowest BCUT2D eigenvalue weighted by Crippen LogP contribution is -2.37. The van der Waals surface area contributed by atoms with Gasteiger partial charge in [0.15, 0.2) is 11.9 Å². The van der Waals surface area contributed by atoms with Crippen LogP contribution in [0.5, 0.6) is 0 Å². The van der Waals surface area contributed by atoms with Crippen LogP contribution in [0.2, 0.25) is 0 Å². The lowest BCUT2D eigenvalue weighted by molar-refractivity contribution is -0.870. The van der Waals surface area contributed by atoms with E-state index in [0.29, 0.717) is 6.61 Å². The summed E-state index contributed by atoms with van der Waals surface area (Å²) >= 11 is 0. The highest BCUT2D eigenvalue weighted by molar-refractivity contribution is 4.23. The smallest absolute Gasteiger partial charge is 0.169 e. The Morgan fingerprint density at radius 3 is 2.33 bits per heavy atom. The van der Waals surface area contributed by atoms with Crippen molar-refractivity contribution >= 4 is 0 Å². The molecule has 0 atom stereocenters. The molecule has 0 fully saturated rings. The fourth-order valence-electron chi connectivity index (χ4n) is 0.352. The molecule has 54 valence electrons. The molecule has 0 aromatic carbocycles. The van der Waals surface area contributed by atoms with Crippen LogP contribution in [0.4, 0.5) is 0 Å². The average Bonchev–Trinajstić information content (AvgIpc) is 1.63. The molecule has 0 aliphatic rings. The summed E-state index contributed by atoms with van der Waals surface area (Å²) in [7, 11) is 6.07. The Bertz CT molecular complexity index is 87.4. The summed E-state index contributed by atoms with van der Waals surface area (Å²) < 4.78 is 0.787. The molecular formula is C5H13N2O2+. The Labute approximate surface area is 54.9 Å². The van der Waals surface area contributed by atoms with Crippen molar-refractivity contribution in [2.45, 2.75) is 0 Å². The summed E-state index contributed by atoms with van der Waals surface area (Å²) in [5, 5.41) is 2.28. The topological polar surface area (TPSA) is 38.7 Å². The van der Waals surface area contributed by atoms with Crippen molar-refractivity contribution < 1.29 is 9.32 Å². The highest BCUT2D eigenvalue weighted by Gasteiger charge is 2.05. The first kappa shape index (κ1) is 8.36. The van der Waals surface area contributed by atoms with Crippen LogP contribution in [-0.4, -0.2) is 38.8 Å². The van der Waals surface area contributed by atoms with Gasteiger partial charge in [-0.1, -0.05) is 0 Å². The van der Waals surface area contributed by atoms with Crippen LogP contribution >= 0.6 is 0 Å². The molecule has 0 saturated heterocycles. The standard InChI is InChI=1S/C5H13N2O2/c1-7(2,3)4-5-9-6-8/h4-5H2,1-3H3/q+1. The zero-order chi connectivity index (χ0) is 7.33. The van der Waals surface area contributed by atoms with Crippen molar-refractivity contribution in [3.05, 3.63) is 4.91 Å². The highest BCUT2D eigenvalue weighted by Crippen LogP contribution is 1.88. The molecule has 0 unspecified atom stereocenters. The van der Waals surface area contributed by atoms with Crippen LogP contribution in [0.15, 0.2) is 5.34 Å². The third-order valence-electron chi connectivity index (χ3n) is 0.906. The second-order valence-corrected chi connectivity index (χ2v) is 2.92. The van der Waals surface area contributed by atoms with Gasteiger partial charge in [0, 0.05) is 0 Å². The molecule has 0 aliphatic heterocycles. The summed E-state index contributed by atoms with van der Waals surface area (Å²) in [6.07, 6.45) is 0. The quantitative estimate of drug-likeness (QED) is 0.241. The second kappa shape index (κ2) is 3.40. The Hall–Kier alpha value is -0.640. The van der Waals surface area contributed by atoms with Gasteiger partial charge in [-0.2, -0.15) is 0 Å². The number of hydrogen-bond acceptors (Lipinski definition) is 3. The molecule has 4 nitrogen and oxygen atoms in total. The monoisotopic (exact) mass is 133 g/mol. The lowest BCUT2D eigenvalue weighted by Gasteiger charge is -2.22. The zero-order valence-corrected chi connectivity index (χ0v) is 6.13.